The molecule has 1 atom stereocenters. The fraction of sp³-hybridized carbons (Fsp3) is 0.500. The van der Waals surface area contributed by atoms with Crippen molar-refractivity contribution < 1.29 is 19.1 Å². The highest BCUT2D eigenvalue weighted by atomic mass is 16.6. The van der Waals surface area contributed by atoms with Gasteiger partial charge in [-0.3, -0.25) is 4.79 Å². The fourth-order valence-corrected chi connectivity index (χ4v) is 2.06. The van der Waals surface area contributed by atoms with Crippen LogP contribution in [-0.2, 0) is 16.0 Å². The molecule has 0 bridgehead atoms. The van der Waals surface area contributed by atoms with Gasteiger partial charge in [-0.15, -0.1) is 0 Å². The standard InChI is InChI=1S/C16H21NO4/c1-10(15(19)21-16(2,3)4)17-14(18)12-5-6-13-11(9-12)7-8-20-13/h5-6,9-10H,7-8H2,1-4H3,(H,17,18)/t10-/m1/s1. The van der Waals surface area contributed by atoms with Crippen LogP contribution in [0.5, 0.6) is 5.75 Å². The molecule has 0 saturated heterocycles. The maximum atomic E-state index is 12.2. The molecule has 1 aliphatic rings. The molecule has 5 heteroatoms. The van der Waals surface area contributed by atoms with Crippen LogP contribution in [0.25, 0.3) is 0 Å². The van der Waals surface area contributed by atoms with Crippen molar-refractivity contribution in [1.82, 2.24) is 5.32 Å². The normalized spacial score (nSPS) is 14.9. The molecule has 1 aromatic carbocycles. The first-order chi connectivity index (χ1) is 9.76. The number of rotatable bonds is 3. The zero-order valence-electron chi connectivity index (χ0n) is 12.9. The van der Waals surface area contributed by atoms with E-state index in [0.29, 0.717) is 12.2 Å². The van der Waals surface area contributed by atoms with E-state index in [4.69, 9.17) is 9.47 Å². The maximum absolute atomic E-state index is 12.2. The first-order valence-electron chi connectivity index (χ1n) is 7.06. The zero-order valence-corrected chi connectivity index (χ0v) is 12.9. The molecule has 5 nitrogen and oxygen atoms in total. The van der Waals surface area contributed by atoms with Crippen LogP contribution in [0.2, 0.25) is 0 Å². The molecule has 1 amide bonds. The van der Waals surface area contributed by atoms with Gasteiger partial charge in [-0.25, -0.2) is 4.79 Å². The van der Waals surface area contributed by atoms with Crippen molar-refractivity contribution in [3.8, 4) is 5.75 Å². The van der Waals surface area contributed by atoms with Crippen LogP contribution in [0.4, 0.5) is 0 Å². The minimum atomic E-state index is -0.693. The van der Waals surface area contributed by atoms with Gasteiger partial charge in [0.05, 0.1) is 6.61 Å². The van der Waals surface area contributed by atoms with Gasteiger partial charge in [0.1, 0.15) is 17.4 Å². The highest BCUT2D eigenvalue weighted by molar-refractivity contribution is 5.97. The number of hydrogen-bond donors (Lipinski definition) is 1. The molecule has 0 aromatic heterocycles. The summed E-state index contributed by atoms with van der Waals surface area (Å²) < 4.78 is 10.6. The van der Waals surface area contributed by atoms with Crippen LogP contribution in [-0.4, -0.2) is 30.1 Å². The number of ether oxygens (including phenoxy) is 2. The first-order valence-corrected chi connectivity index (χ1v) is 7.06. The molecule has 2 rings (SSSR count). The molecule has 1 N–H and O–H groups in total. The number of benzene rings is 1. The summed E-state index contributed by atoms with van der Waals surface area (Å²) in [7, 11) is 0. The largest absolute Gasteiger partial charge is 0.493 e. The predicted molar refractivity (Wildman–Crippen MR) is 78.4 cm³/mol. The third-order valence-corrected chi connectivity index (χ3v) is 3.06. The van der Waals surface area contributed by atoms with Crippen molar-refractivity contribution in [2.45, 2.75) is 45.8 Å². The van der Waals surface area contributed by atoms with Gasteiger partial charge < -0.3 is 14.8 Å². The quantitative estimate of drug-likeness (QED) is 0.866. The number of carbonyl (C=O) groups is 2. The van der Waals surface area contributed by atoms with Gasteiger partial charge in [0.15, 0.2) is 0 Å². The number of nitrogens with one attached hydrogen (secondary N) is 1. The Kier molecular flexibility index (Phi) is 4.21. The molecular weight excluding hydrogens is 270 g/mol. The van der Waals surface area contributed by atoms with E-state index in [1.165, 1.54) is 0 Å². The van der Waals surface area contributed by atoms with E-state index in [2.05, 4.69) is 5.32 Å². The molecule has 0 unspecified atom stereocenters. The molecule has 1 aromatic rings. The average Bonchev–Trinajstić information content (AvgIpc) is 2.83. The van der Waals surface area contributed by atoms with E-state index < -0.39 is 17.6 Å². The van der Waals surface area contributed by atoms with Crippen LogP contribution in [0.3, 0.4) is 0 Å². The Morgan fingerprint density at radius 2 is 2.05 bits per heavy atom. The smallest absolute Gasteiger partial charge is 0.328 e. The van der Waals surface area contributed by atoms with Gasteiger partial charge in [0.2, 0.25) is 0 Å². The van der Waals surface area contributed by atoms with Crippen molar-refractivity contribution in [2.24, 2.45) is 0 Å². The highest BCUT2D eigenvalue weighted by Crippen LogP contribution is 2.25. The zero-order chi connectivity index (χ0) is 15.6. The Morgan fingerprint density at radius 3 is 2.71 bits per heavy atom. The van der Waals surface area contributed by atoms with Gasteiger partial charge in [0, 0.05) is 12.0 Å². The van der Waals surface area contributed by atoms with Crippen molar-refractivity contribution >= 4 is 11.9 Å². The van der Waals surface area contributed by atoms with Crippen molar-refractivity contribution in [1.29, 1.82) is 0 Å². The maximum Gasteiger partial charge on any atom is 0.328 e. The summed E-state index contributed by atoms with van der Waals surface area (Å²) in [6, 6.07) is 4.59. The molecule has 21 heavy (non-hydrogen) atoms. The van der Waals surface area contributed by atoms with Crippen LogP contribution in [0.15, 0.2) is 18.2 Å². The van der Waals surface area contributed by atoms with Crippen molar-refractivity contribution in [3.05, 3.63) is 29.3 Å². The lowest BCUT2D eigenvalue weighted by molar-refractivity contribution is -0.156. The van der Waals surface area contributed by atoms with E-state index in [1.807, 2.05) is 0 Å². The number of hydrogen-bond acceptors (Lipinski definition) is 4. The van der Waals surface area contributed by atoms with Crippen LogP contribution in [0, 0.1) is 0 Å². The van der Waals surface area contributed by atoms with E-state index in [1.54, 1.807) is 45.9 Å². The minimum Gasteiger partial charge on any atom is -0.493 e. The predicted octanol–water partition coefficient (Wildman–Crippen LogP) is 2.08. The summed E-state index contributed by atoms with van der Waals surface area (Å²) in [4.78, 5) is 24.0. The Bertz CT molecular complexity index is 560. The van der Waals surface area contributed by atoms with Crippen molar-refractivity contribution in [3.63, 3.8) is 0 Å². The molecule has 114 valence electrons. The van der Waals surface area contributed by atoms with E-state index >= 15 is 0 Å². The molecule has 1 heterocycles. The first kappa shape index (κ1) is 15.4. The molecular formula is C16H21NO4. The third kappa shape index (κ3) is 3.97. The van der Waals surface area contributed by atoms with E-state index in [-0.39, 0.29) is 5.91 Å². The van der Waals surface area contributed by atoms with Gasteiger partial charge >= 0.3 is 5.97 Å². The summed E-state index contributed by atoms with van der Waals surface area (Å²) in [5, 5.41) is 2.66. The Balaban J connectivity index is 1.99. The monoisotopic (exact) mass is 291 g/mol. The average molecular weight is 291 g/mol. The van der Waals surface area contributed by atoms with Gasteiger partial charge in [-0.1, -0.05) is 0 Å². The molecule has 0 spiro atoms. The second kappa shape index (κ2) is 5.76. The minimum absolute atomic E-state index is 0.289. The van der Waals surface area contributed by atoms with Gasteiger partial charge in [-0.2, -0.15) is 0 Å². The lowest BCUT2D eigenvalue weighted by atomic mass is 10.1. The molecule has 1 aliphatic heterocycles. The number of esters is 1. The summed E-state index contributed by atoms with van der Waals surface area (Å²) in [5.74, 6) is 0.0927. The summed E-state index contributed by atoms with van der Waals surface area (Å²) in [6.07, 6.45) is 0.804. The number of carbonyl (C=O) groups excluding carboxylic acids is 2. The third-order valence-electron chi connectivity index (χ3n) is 3.06. The Hall–Kier alpha value is -2.04. The SMILES string of the molecule is C[C@@H](NC(=O)c1ccc2c(c1)CCO2)C(=O)OC(C)(C)C. The second-order valence-corrected chi connectivity index (χ2v) is 6.15. The number of fused-ring (bicyclic) bond motifs is 1. The summed E-state index contributed by atoms with van der Waals surface area (Å²) in [6.45, 7) is 7.64. The van der Waals surface area contributed by atoms with Crippen LogP contribution >= 0.6 is 0 Å². The van der Waals surface area contributed by atoms with E-state index in [0.717, 1.165) is 17.7 Å². The molecule has 0 radical (unpaired) electrons. The van der Waals surface area contributed by atoms with Crippen LogP contribution in [0.1, 0.15) is 43.6 Å². The fourth-order valence-electron chi connectivity index (χ4n) is 2.06. The summed E-state index contributed by atoms with van der Waals surface area (Å²) >= 11 is 0. The molecule has 0 aliphatic carbocycles. The van der Waals surface area contributed by atoms with Gasteiger partial charge in [0.25, 0.3) is 5.91 Å². The lowest BCUT2D eigenvalue weighted by Gasteiger charge is -2.22. The van der Waals surface area contributed by atoms with Crippen LogP contribution < -0.4 is 10.1 Å². The topological polar surface area (TPSA) is 64.6 Å². The van der Waals surface area contributed by atoms with Gasteiger partial charge in [-0.05, 0) is 51.5 Å². The Morgan fingerprint density at radius 1 is 1.33 bits per heavy atom. The van der Waals surface area contributed by atoms with E-state index in [9.17, 15) is 9.59 Å². The lowest BCUT2D eigenvalue weighted by Crippen LogP contribution is -2.42. The molecule has 0 saturated carbocycles. The Labute approximate surface area is 124 Å². The summed E-state index contributed by atoms with van der Waals surface area (Å²) in [5.41, 5.74) is 0.975. The molecule has 0 fully saturated rings. The van der Waals surface area contributed by atoms with Crippen molar-refractivity contribution in [2.75, 3.05) is 6.61 Å². The second-order valence-electron chi connectivity index (χ2n) is 6.15. The number of amides is 1. The highest BCUT2D eigenvalue weighted by Gasteiger charge is 2.24.